The minimum Gasteiger partial charge on any atom is -0.355 e. The number of sulfonamides is 1. The second-order valence-corrected chi connectivity index (χ2v) is 9.35. The summed E-state index contributed by atoms with van der Waals surface area (Å²) in [5.74, 6) is 0.870. The minimum absolute atomic E-state index is 0.228. The van der Waals surface area contributed by atoms with Crippen LogP contribution >= 0.6 is 0 Å². The van der Waals surface area contributed by atoms with Crippen LogP contribution in [0.25, 0.3) is 17.0 Å². The number of fused-ring (bicyclic) bond motifs is 1. The maximum atomic E-state index is 13.1. The fourth-order valence-electron chi connectivity index (χ4n) is 3.77. The van der Waals surface area contributed by atoms with Crippen LogP contribution in [0.3, 0.4) is 0 Å². The van der Waals surface area contributed by atoms with E-state index in [-0.39, 0.29) is 17.7 Å². The summed E-state index contributed by atoms with van der Waals surface area (Å²) in [6, 6.07) is 4.23. The second-order valence-electron chi connectivity index (χ2n) is 7.57. The molecule has 0 spiro atoms. The fourth-order valence-corrected chi connectivity index (χ4v) is 4.54. The maximum Gasteiger partial charge on any atom is 0.282 e. The summed E-state index contributed by atoms with van der Waals surface area (Å²) >= 11 is 0. The highest BCUT2D eigenvalue weighted by Gasteiger charge is 2.28. The largest absolute Gasteiger partial charge is 0.355 e. The average molecular weight is 437 g/mol. The molecule has 3 aromatic heterocycles. The number of anilines is 1. The summed E-state index contributed by atoms with van der Waals surface area (Å²) in [5, 5.41) is 3.97. The number of piperidine rings is 1. The highest BCUT2D eigenvalue weighted by atomic mass is 32.2. The van der Waals surface area contributed by atoms with E-state index in [1.165, 1.54) is 29.2 Å². The van der Waals surface area contributed by atoms with Crippen LogP contribution in [0.1, 0.15) is 25.5 Å². The molecule has 1 aliphatic rings. The molecule has 12 heteroatoms. The van der Waals surface area contributed by atoms with E-state index in [9.17, 15) is 17.2 Å². The van der Waals surface area contributed by atoms with Crippen LogP contribution in [0.5, 0.6) is 0 Å². The molecular weight excluding hydrogens is 416 g/mol. The number of nitrogens with zero attached hydrogens (tertiary/aromatic N) is 6. The van der Waals surface area contributed by atoms with E-state index in [1.54, 1.807) is 6.07 Å². The predicted octanol–water partition coefficient (Wildman–Crippen LogP) is 1.89. The first-order chi connectivity index (χ1) is 14.2. The summed E-state index contributed by atoms with van der Waals surface area (Å²) in [5.41, 5.74) is 1.03. The van der Waals surface area contributed by atoms with Crippen molar-refractivity contribution < 1.29 is 17.2 Å². The van der Waals surface area contributed by atoms with E-state index >= 15 is 0 Å². The Morgan fingerprint density at radius 3 is 2.73 bits per heavy atom. The molecule has 1 saturated heterocycles. The van der Waals surface area contributed by atoms with Crippen molar-refractivity contribution in [3.05, 3.63) is 36.4 Å². The van der Waals surface area contributed by atoms with Crippen LogP contribution in [0.15, 0.2) is 30.7 Å². The smallest absolute Gasteiger partial charge is 0.282 e. The Morgan fingerprint density at radius 2 is 2.00 bits per heavy atom. The molecule has 0 radical (unpaired) electrons. The first-order valence-electron chi connectivity index (χ1n) is 9.37. The molecule has 1 fully saturated rings. The average Bonchev–Trinajstić information content (AvgIpc) is 3.09. The molecule has 0 bridgehead atoms. The molecule has 0 amide bonds. The minimum atomic E-state index is -3.32. The van der Waals surface area contributed by atoms with Gasteiger partial charge < -0.3 is 4.90 Å². The molecule has 9 nitrogen and oxygen atoms in total. The third-order valence-corrected chi connectivity index (χ3v) is 5.65. The van der Waals surface area contributed by atoms with E-state index in [0.29, 0.717) is 35.9 Å². The maximum absolute atomic E-state index is 13.1. The van der Waals surface area contributed by atoms with Gasteiger partial charge in [0.05, 0.1) is 18.1 Å². The number of halogens is 2. The molecular formula is C18H21F2N7O2S. The topological polar surface area (TPSA) is 105 Å². The van der Waals surface area contributed by atoms with Crippen molar-refractivity contribution in [3.63, 3.8) is 0 Å². The molecule has 3 aromatic rings. The monoisotopic (exact) mass is 437 g/mol. The second kappa shape index (κ2) is 7.84. The van der Waals surface area contributed by atoms with Gasteiger partial charge in [0, 0.05) is 25.2 Å². The van der Waals surface area contributed by atoms with Gasteiger partial charge in [-0.25, -0.2) is 41.4 Å². The molecule has 1 N–H and O–H groups in total. The SMILES string of the molecule is C[C@@H]1C[C@H](NS(C)(=O)=O)CN(c2cc(-c3cnc4ccc(C(F)F)nn34)ncn2)C1. The number of hydrogen-bond acceptors (Lipinski definition) is 7. The number of rotatable bonds is 5. The Morgan fingerprint density at radius 1 is 1.20 bits per heavy atom. The predicted molar refractivity (Wildman–Crippen MR) is 107 cm³/mol. The molecule has 4 rings (SSSR count). The van der Waals surface area contributed by atoms with Crippen molar-refractivity contribution in [3.8, 4) is 11.4 Å². The quantitative estimate of drug-likeness (QED) is 0.650. The zero-order valence-electron chi connectivity index (χ0n) is 16.4. The first-order valence-corrected chi connectivity index (χ1v) is 11.3. The number of imidazole rings is 1. The third-order valence-electron chi connectivity index (χ3n) is 4.89. The van der Waals surface area contributed by atoms with E-state index < -0.39 is 16.4 Å². The van der Waals surface area contributed by atoms with Gasteiger partial charge in [-0.15, -0.1) is 0 Å². The third kappa shape index (κ3) is 4.38. The first kappa shape index (κ1) is 20.5. The molecule has 160 valence electrons. The Kier molecular flexibility index (Phi) is 5.36. The van der Waals surface area contributed by atoms with Crippen LogP contribution in [0.2, 0.25) is 0 Å². The van der Waals surface area contributed by atoms with Crippen molar-refractivity contribution in [1.82, 2.24) is 29.3 Å². The Hall–Kier alpha value is -2.73. The summed E-state index contributed by atoms with van der Waals surface area (Å²) in [6.45, 7) is 3.22. The standard InChI is InChI=1S/C18H21F2N7O2S/c1-11-5-12(25-30(2,28)29)9-26(8-11)17-6-14(22-10-23-17)15-7-21-16-4-3-13(18(19)20)24-27(15)16/h3-4,6-7,10-12,18,25H,5,8-9H2,1-2H3/t11-,12+/m1/s1. The van der Waals surface area contributed by atoms with Crippen LogP contribution in [-0.2, 0) is 10.0 Å². The van der Waals surface area contributed by atoms with Gasteiger partial charge in [0.2, 0.25) is 10.0 Å². The van der Waals surface area contributed by atoms with Gasteiger partial charge in [-0.1, -0.05) is 6.92 Å². The lowest BCUT2D eigenvalue weighted by atomic mass is 9.96. The van der Waals surface area contributed by atoms with Crippen LogP contribution in [0, 0.1) is 5.92 Å². The molecule has 30 heavy (non-hydrogen) atoms. The molecule has 0 saturated carbocycles. The molecule has 1 aliphatic heterocycles. The Balaban J connectivity index is 1.66. The lowest BCUT2D eigenvalue weighted by Gasteiger charge is -2.37. The van der Waals surface area contributed by atoms with Gasteiger partial charge in [0.25, 0.3) is 6.43 Å². The molecule has 0 aromatic carbocycles. The number of hydrogen-bond donors (Lipinski definition) is 1. The molecule has 0 aliphatic carbocycles. The molecule has 4 heterocycles. The van der Waals surface area contributed by atoms with Crippen molar-refractivity contribution in [2.75, 3.05) is 24.2 Å². The highest BCUT2D eigenvalue weighted by molar-refractivity contribution is 7.88. The van der Waals surface area contributed by atoms with Gasteiger partial charge >= 0.3 is 0 Å². The summed E-state index contributed by atoms with van der Waals surface area (Å²) in [7, 11) is -3.32. The van der Waals surface area contributed by atoms with Crippen LogP contribution in [0.4, 0.5) is 14.6 Å². The number of aromatic nitrogens is 5. The van der Waals surface area contributed by atoms with Crippen LogP contribution in [-0.4, -0.2) is 58.4 Å². The van der Waals surface area contributed by atoms with Crippen molar-refractivity contribution >= 4 is 21.5 Å². The van der Waals surface area contributed by atoms with Gasteiger partial charge in [-0.05, 0) is 24.5 Å². The zero-order valence-corrected chi connectivity index (χ0v) is 17.2. The van der Waals surface area contributed by atoms with E-state index in [0.717, 1.165) is 12.7 Å². The Bertz CT molecular complexity index is 1170. The Labute approximate surface area is 172 Å². The zero-order chi connectivity index (χ0) is 21.5. The van der Waals surface area contributed by atoms with Gasteiger partial charge in [0.1, 0.15) is 23.5 Å². The van der Waals surface area contributed by atoms with E-state index in [4.69, 9.17) is 0 Å². The van der Waals surface area contributed by atoms with Crippen LogP contribution < -0.4 is 9.62 Å². The van der Waals surface area contributed by atoms with Crippen molar-refractivity contribution in [2.45, 2.75) is 25.8 Å². The van der Waals surface area contributed by atoms with Gasteiger partial charge in [-0.2, -0.15) is 5.10 Å². The number of alkyl halides is 2. The van der Waals surface area contributed by atoms with Gasteiger partial charge in [0.15, 0.2) is 5.65 Å². The lowest BCUT2D eigenvalue weighted by molar-refractivity contribution is 0.144. The van der Waals surface area contributed by atoms with E-state index in [1.807, 2.05) is 11.8 Å². The summed E-state index contributed by atoms with van der Waals surface area (Å²) in [4.78, 5) is 14.8. The number of nitrogens with one attached hydrogen (secondary N) is 1. The van der Waals surface area contributed by atoms with Crippen molar-refractivity contribution in [2.24, 2.45) is 5.92 Å². The highest BCUT2D eigenvalue weighted by Crippen LogP contribution is 2.26. The fraction of sp³-hybridized carbons (Fsp3) is 0.444. The summed E-state index contributed by atoms with van der Waals surface area (Å²) < 4.78 is 53.4. The summed E-state index contributed by atoms with van der Waals surface area (Å²) in [6.07, 6.45) is 2.09. The normalized spacial score (nSPS) is 20.2. The van der Waals surface area contributed by atoms with Crippen molar-refractivity contribution in [1.29, 1.82) is 0 Å². The van der Waals surface area contributed by atoms with E-state index in [2.05, 4.69) is 24.8 Å². The van der Waals surface area contributed by atoms with Gasteiger partial charge in [-0.3, -0.25) is 0 Å². The molecule has 0 unspecified atom stereocenters. The lowest BCUT2D eigenvalue weighted by Crippen LogP contribution is -2.50. The molecule has 2 atom stereocenters.